The number of anilines is 2. The van der Waals surface area contributed by atoms with Gasteiger partial charge in [-0.15, -0.1) is 0 Å². The Kier molecular flexibility index (Phi) is 4.14. The third-order valence-electron chi connectivity index (χ3n) is 2.80. The molecule has 20 heavy (non-hydrogen) atoms. The molecule has 0 aliphatic heterocycles. The van der Waals surface area contributed by atoms with Gasteiger partial charge in [0.05, 0.1) is 18.5 Å². The highest BCUT2D eigenvalue weighted by molar-refractivity contribution is 7.92. The lowest BCUT2D eigenvalue weighted by molar-refractivity contribution is 0.417. The number of benzene rings is 2. The van der Waals surface area contributed by atoms with E-state index in [1.165, 1.54) is 7.11 Å². The smallest absolute Gasteiger partial charge is 0.264 e. The maximum atomic E-state index is 12.4. The normalized spacial score (nSPS) is 10.9. The molecule has 6 heteroatoms. The second kappa shape index (κ2) is 5.83. The maximum Gasteiger partial charge on any atom is 0.264 e. The first-order valence-electron chi connectivity index (χ1n) is 6.01. The topological polar surface area (TPSA) is 67.4 Å². The predicted octanol–water partition coefficient (Wildman–Crippen LogP) is 2.54. The quantitative estimate of drug-likeness (QED) is 0.888. The second-order valence-corrected chi connectivity index (χ2v) is 5.70. The summed E-state index contributed by atoms with van der Waals surface area (Å²) >= 11 is 0. The van der Waals surface area contributed by atoms with Crippen LogP contribution in [0.15, 0.2) is 53.4 Å². The molecular weight excluding hydrogens is 276 g/mol. The van der Waals surface area contributed by atoms with E-state index in [0.29, 0.717) is 17.1 Å². The molecule has 106 valence electrons. The van der Waals surface area contributed by atoms with Crippen molar-refractivity contribution in [3.05, 3.63) is 48.5 Å². The highest BCUT2D eigenvalue weighted by Gasteiger charge is 2.19. The van der Waals surface area contributed by atoms with Crippen LogP contribution in [0.3, 0.4) is 0 Å². The van der Waals surface area contributed by atoms with Crippen LogP contribution in [-0.2, 0) is 10.0 Å². The lowest BCUT2D eigenvalue weighted by Crippen LogP contribution is -2.15. The first-order chi connectivity index (χ1) is 9.58. The number of hydrogen-bond donors (Lipinski definition) is 2. The molecule has 0 bridgehead atoms. The monoisotopic (exact) mass is 292 g/mol. The third kappa shape index (κ3) is 2.85. The fraction of sp³-hybridized carbons (Fsp3) is 0.143. The van der Waals surface area contributed by atoms with Crippen molar-refractivity contribution in [3.63, 3.8) is 0 Å². The van der Waals surface area contributed by atoms with Crippen molar-refractivity contribution >= 4 is 21.4 Å². The molecule has 2 aromatic carbocycles. The molecule has 0 aliphatic rings. The molecule has 0 aromatic heterocycles. The van der Waals surface area contributed by atoms with Crippen molar-refractivity contribution in [3.8, 4) is 5.75 Å². The molecule has 2 N–H and O–H groups in total. The Morgan fingerprint density at radius 3 is 2.20 bits per heavy atom. The number of para-hydroxylation sites is 3. The minimum absolute atomic E-state index is 0.188. The van der Waals surface area contributed by atoms with E-state index in [1.807, 2.05) is 0 Å². The summed E-state index contributed by atoms with van der Waals surface area (Å²) in [5.74, 6) is 0.470. The van der Waals surface area contributed by atoms with Crippen molar-refractivity contribution < 1.29 is 13.2 Å². The minimum Gasteiger partial charge on any atom is -0.495 e. The van der Waals surface area contributed by atoms with Crippen LogP contribution < -0.4 is 14.8 Å². The molecule has 0 unspecified atom stereocenters. The van der Waals surface area contributed by atoms with Crippen LogP contribution in [-0.4, -0.2) is 22.6 Å². The average Bonchev–Trinajstić information content (AvgIpc) is 2.47. The zero-order chi connectivity index (χ0) is 14.6. The number of hydrogen-bond acceptors (Lipinski definition) is 4. The van der Waals surface area contributed by atoms with Gasteiger partial charge in [0, 0.05) is 7.05 Å². The van der Waals surface area contributed by atoms with E-state index < -0.39 is 10.0 Å². The highest BCUT2D eigenvalue weighted by atomic mass is 32.2. The van der Waals surface area contributed by atoms with Crippen molar-refractivity contribution in [2.45, 2.75) is 4.90 Å². The van der Waals surface area contributed by atoms with E-state index in [4.69, 9.17) is 4.74 Å². The Morgan fingerprint density at radius 1 is 0.950 bits per heavy atom. The summed E-state index contributed by atoms with van der Waals surface area (Å²) in [6, 6.07) is 13.6. The Labute approximate surface area is 118 Å². The summed E-state index contributed by atoms with van der Waals surface area (Å²) < 4.78 is 32.6. The lowest BCUT2D eigenvalue weighted by Gasteiger charge is -2.13. The van der Waals surface area contributed by atoms with E-state index in [-0.39, 0.29) is 4.90 Å². The lowest BCUT2D eigenvalue weighted by atomic mass is 10.3. The average molecular weight is 292 g/mol. The molecule has 0 saturated heterocycles. The molecule has 0 atom stereocenters. The molecule has 0 spiro atoms. The van der Waals surface area contributed by atoms with Gasteiger partial charge in [0.1, 0.15) is 10.6 Å². The second-order valence-electron chi connectivity index (χ2n) is 4.05. The van der Waals surface area contributed by atoms with Gasteiger partial charge in [-0.1, -0.05) is 24.3 Å². The van der Waals surface area contributed by atoms with Gasteiger partial charge >= 0.3 is 0 Å². The first kappa shape index (κ1) is 14.2. The Morgan fingerprint density at radius 2 is 1.55 bits per heavy atom. The highest BCUT2D eigenvalue weighted by Crippen LogP contribution is 2.28. The van der Waals surface area contributed by atoms with Crippen LogP contribution >= 0.6 is 0 Å². The molecule has 0 radical (unpaired) electrons. The van der Waals surface area contributed by atoms with Crippen LogP contribution in [0.2, 0.25) is 0 Å². The van der Waals surface area contributed by atoms with E-state index in [1.54, 1.807) is 55.6 Å². The molecule has 2 rings (SSSR count). The number of methoxy groups -OCH3 is 1. The van der Waals surface area contributed by atoms with Gasteiger partial charge in [-0.2, -0.15) is 0 Å². The van der Waals surface area contributed by atoms with Gasteiger partial charge < -0.3 is 10.1 Å². The Hall–Kier alpha value is -2.21. The van der Waals surface area contributed by atoms with Gasteiger partial charge in [0.15, 0.2) is 0 Å². The predicted molar refractivity (Wildman–Crippen MR) is 79.8 cm³/mol. The number of sulfonamides is 1. The molecule has 5 nitrogen and oxygen atoms in total. The SMILES string of the molecule is CNc1ccccc1S(=O)(=O)Nc1ccccc1OC. The largest absolute Gasteiger partial charge is 0.495 e. The van der Waals surface area contributed by atoms with E-state index in [9.17, 15) is 8.42 Å². The van der Waals surface area contributed by atoms with Crippen LogP contribution in [0.4, 0.5) is 11.4 Å². The standard InChI is InChI=1S/C14H16N2O3S/c1-15-12-8-4-6-10-14(12)20(17,18)16-11-7-3-5-9-13(11)19-2/h3-10,15-16H,1-2H3. The maximum absolute atomic E-state index is 12.4. The zero-order valence-corrected chi connectivity index (χ0v) is 12.1. The van der Waals surface area contributed by atoms with Crippen LogP contribution in [0.1, 0.15) is 0 Å². The van der Waals surface area contributed by atoms with Crippen molar-refractivity contribution in [1.82, 2.24) is 0 Å². The number of rotatable bonds is 5. The van der Waals surface area contributed by atoms with Gasteiger partial charge in [-0.3, -0.25) is 4.72 Å². The van der Waals surface area contributed by atoms with E-state index in [0.717, 1.165) is 0 Å². The van der Waals surface area contributed by atoms with Crippen LogP contribution in [0.5, 0.6) is 5.75 Å². The van der Waals surface area contributed by atoms with Gasteiger partial charge in [-0.25, -0.2) is 8.42 Å². The van der Waals surface area contributed by atoms with Crippen molar-refractivity contribution in [1.29, 1.82) is 0 Å². The fourth-order valence-corrected chi connectivity index (χ4v) is 3.12. The molecular formula is C14H16N2O3S. The summed E-state index contributed by atoms with van der Waals surface area (Å²) in [6.07, 6.45) is 0. The minimum atomic E-state index is -3.68. The molecule has 0 heterocycles. The van der Waals surface area contributed by atoms with Crippen LogP contribution in [0, 0.1) is 0 Å². The van der Waals surface area contributed by atoms with E-state index in [2.05, 4.69) is 10.0 Å². The Balaban J connectivity index is 2.41. The van der Waals surface area contributed by atoms with Gasteiger partial charge in [-0.05, 0) is 24.3 Å². The van der Waals surface area contributed by atoms with Crippen molar-refractivity contribution in [2.24, 2.45) is 0 Å². The summed E-state index contributed by atoms with van der Waals surface area (Å²) in [7, 11) is -0.508. The molecule has 0 saturated carbocycles. The Bertz CT molecular complexity index is 699. The molecule has 0 aliphatic carbocycles. The van der Waals surface area contributed by atoms with Crippen molar-refractivity contribution in [2.75, 3.05) is 24.2 Å². The molecule has 0 fully saturated rings. The molecule has 2 aromatic rings. The van der Waals surface area contributed by atoms with E-state index >= 15 is 0 Å². The molecule has 0 amide bonds. The van der Waals surface area contributed by atoms with Gasteiger partial charge in [0.25, 0.3) is 10.0 Å². The zero-order valence-electron chi connectivity index (χ0n) is 11.3. The summed E-state index contributed by atoms with van der Waals surface area (Å²) in [5, 5.41) is 2.87. The van der Waals surface area contributed by atoms with Crippen LogP contribution in [0.25, 0.3) is 0 Å². The summed E-state index contributed by atoms with van der Waals surface area (Å²) in [4.78, 5) is 0.188. The third-order valence-corrected chi connectivity index (χ3v) is 4.22. The summed E-state index contributed by atoms with van der Waals surface area (Å²) in [6.45, 7) is 0. The number of ether oxygens (including phenoxy) is 1. The first-order valence-corrected chi connectivity index (χ1v) is 7.49. The fourth-order valence-electron chi connectivity index (χ4n) is 1.84. The summed E-state index contributed by atoms with van der Waals surface area (Å²) in [5.41, 5.74) is 0.941. The number of nitrogens with one attached hydrogen (secondary N) is 2. The van der Waals surface area contributed by atoms with Gasteiger partial charge in [0.2, 0.25) is 0 Å².